The highest BCUT2D eigenvalue weighted by Gasteiger charge is 2.28. The molecule has 1 heterocycles. The molecule has 8 heteroatoms. The van der Waals surface area contributed by atoms with Crippen LogP contribution in [0.5, 0.6) is 5.75 Å². The highest BCUT2D eigenvalue weighted by atomic mass is 19.1. The molecule has 0 radical (unpaired) electrons. The lowest BCUT2D eigenvalue weighted by Crippen LogP contribution is -2.15. The average molecular weight is 404 g/mol. The molecule has 0 unspecified atom stereocenters. The average Bonchev–Trinajstić information content (AvgIpc) is 2.95. The zero-order valence-electron chi connectivity index (χ0n) is 15.8. The predicted octanol–water partition coefficient (Wildman–Crippen LogP) is 4.13. The molecule has 29 heavy (non-hydrogen) atoms. The van der Waals surface area contributed by atoms with E-state index >= 15 is 0 Å². The fourth-order valence-corrected chi connectivity index (χ4v) is 3.63. The van der Waals surface area contributed by atoms with Crippen molar-refractivity contribution < 1.29 is 27.9 Å². The molecule has 2 aromatic carbocycles. The number of hydrogen-bond acceptors (Lipinski definition) is 3. The number of phenols is 1. The van der Waals surface area contributed by atoms with Gasteiger partial charge in [0.05, 0.1) is 5.52 Å². The lowest BCUT2D eigenvalue weighted by atomic mass is 9.93. The van der Waals surface area contributed by atoms with Gasteiger partial charge >= 0.3 is 0 Å². The van der Waals surface area contributed by atoms with Crippen LogP contribution in [0, 0.1) is 24.4 Å². The van der Waals surface area contributed by atoms with Gasteiger partial charge in [-0.3, -0.25) is 14.2 Å². The summed E-state index contributed by atoms with van der Waals surface area (Å²) in [5, 5.41) is 9.63. The zero-order valence-corrected chi connectivity index (χ0v) is 15.8. The van der Waals surface area contributed by atoms with Crippen LogP contribution in [0.25, 0.3) is 10.9 Å². The van der Waals surface area contributed by atoms with Crippen molar-refractivity contribution in [3.8, 4) is 5.75 Å². The van der Waals surface area contributed by atoms with E-state index in [0.29, 0.717) is 11.3 Å². The molecule has 0 aliphatic rings. The van der Waals surface area contributed by atoms with E-state index in [0.717, 1.165) is 16.7 Å². The third-order valence-electron chi connectivity index (χ3n) is 5.00. The molecule has 1 aromatic heterocycles. The predicted molar refractivity (Wildman–Crippen MR) is 101 cm³/mol. The molecular weight excluding hydrogens is 385 g/mol. The smallest absolute Gasteiger partial charge is 0.262 e. The number of benzene rings is 2. The van der Waals surface area contributed by atoms with Gasteiger partial charge in [0.15, 0.2) is 17.4 Å². The Labute approximate surface area is 164 Å². The van der Waals surface area contributed by atoms with Gasteiger partial charge in [-0.05, 0) is 43.0 Å². The number of carbonyl (C=O) groups is 2. The SMILES string of the molecule is Cc1c([C@@H](C)CCC(N)=O)c2c(F)c(O)c(F)cc2n1C(=O)c1cccc(F)c1. The fraction of sp³-hybridized carbons (Fsp3) is 0.238. The van der Waals surface area contributed by atoms with Crippen molar-refractivity contribution in [1.82, 2.24) is 4.57 Å². The zero-order chi connectivity index (χ0) is 21.5. The largest absolute Gasteiger partial charge is 0.503 e. The summed E-state index contributed by atoms with van der Waals surface area (Å²) in [6, 6.07) is 5.80. The first-order chi connectivity index (χ1) is 13.6. The van der Waals surface area contributed by atoms with E-state index < -0.39 is 40.9 Å². The summed E-state index contributed by atoms with van der Waals surface area (Å²) >= 11 is 0. The first kappa shape index (κ1) is 20.4. The number of halogens is 3. The fourth-order valence-electron chi connectivity index (χ4n) is 3.63. The molecule has 1 atom stereocenters. The Morgan fingerprint density at radius 1 is 1.21 bits per heavy atom. The topological polar surface area (TPSA) is 85.3 Å². The monoisotopic (exact) mass is 404 g/mol. The number of fused-ring (bicyclic) bond motifs is 1. The molecule has 3 rings (SSSR count). The van der Waals surface area contributed by atoms with Crippen molar-refractivity contribution in [2.45, 2.75) is 32.6 Å². The van der Waals surface area contributed by atoms with Crippen molar-refractivity contribution in [2.24, 2.45) is 5.73 Å². The Morgan fingerprint density at radius 3 is 2.52 bits per heavy atom. The second kappa shape index (κ2) is 7.62. The van der Waals surface area contributed by atoms with Crippen molar-refractivity contribution in [3.63, 3.8) is 0 Å². The van der Waals surface area contributed by atoms with Crippen LogP contribution in [0.15, 0.2) is 30.3 Å². The molecular formula is C21H19F3N2O3. The lowest BCUT2D eigenvalue weighted by Gasteiger charge is -2.12. The van der Waals surface area contributed by atoms with Crippen molar-refractivity contribution in [3.05, 3.63) is 64.6 Å². The molecule has 0 aliphatic carbocycles. The quantitative estimate of drug-likeness (QED) is 0.671. The Morgan fingerprint density at radius 2 is 1.90 bits per heavy atom. The van der Waals surface area contributed by atoms with Gasteiger partial charge in [0.1, 0.15) is 5.82 Å². The molecule has 152 valence electrons. The van der Waals surface area contributed by atoms with Gasteiger partial charge < -0.3 is 10.8 Å². The van der Waals surface area contributed by atoms with E-state index in [-0.39, 0.29) is 29.3 Å². The van der Waals surface area contributed by atoms with Crippen LogP contribution in [-0.2, 0) is 4.79 Å². The van der Waals surface area contributed by atoms with Crippen LogP contribution in [0.1, 0.15) is 47.3 Å². The number of carbonyl (C=O) groups excluding carboxylic acids is 2. The standard InChI is InChI=1S/C21H19F3N2O3/c1-10(6-7-16(25)27)17-11(2)26(21(29)12-4-3-5-13(22)8-12)15-9-14(23)20(28)19(24)18(15)17/h3-5,8-10,28H,6-7H2,1-2H3,(H2,25,27)/t10-/m0/s1. The van der Waals surface area contributed by atoms with E-state index in [1.165, 1.54) is 18.2 Å². The van der Waals surface area contributed by atoms with Crippen LogP contribution in [-0.4, -0.2) is 21.5 Å². The van der Waals surface area contributed by atoms with Gasteiger partial charge in [-0.1, -0.05) is 13.0 Å². The van der Waals surface area contributed by atoms with Crippen LogP contribution >= 0.6 is 0 Å². The Bertz CT molecular complexity index is 1140. The number of phenolic OH excluding ortho intramolecular Hbond substituents is 1. The number of amides is 1. The molecule has 5 nitrogen and oxygen atoms in total. The lowest BCUT2D eigenvalue weighted by molar-refractivity contribution is -0.118. The van der Waals surface area contributed by atoms with Gasteiger partial charge in [0.2, 0.25) is 5.91 Å². The third kappa shape index (κ3) is 3.57. The second-order valence-corrected chi connectivity index (χ2v) is 6.97. The Kier molecular flexibility index (Phi) is 5.37. The molecule has 0 saturated carbocycles. The van der Waals surface area contributed by atoms with Crippen molar-refractivity contribution >= 4 is 22.7 Å². The van der Waals surface area contributed by atoms with Gasteiger partial charge in [-0.2, -0.15) is 0 Å². The maximum atomic E-state index is 14.8. The Balaban J connectivity index is 2.29. The first-order valence-corrected chi connectivity index (χ1v) is 8.93. The number of aromatic hydroxyl groups is 1. The number of nitrogens with zero attached hydrogens (tertiary/aromatic N) is 1. The van der Waals surface area contributed by atoms with E-state index in [1.807, 2.05) is 0 Å². The number of nitrogens with two attached hydrogens (primary N) is 1. The number of hydrogen-bond donors (Lipinski definition) is 2. The van der Waals surface area contributed by atoms with Crippen LogP contribution in [0.4, 0.5) is 13.2 Å². The second-order valence-electron chi connectivity index (χ2n) is 6.97. The molecule has 0 aliphatic heterocycles. The molecule has 3 aromatic rings. The summed E-state index contributed by atoms with van der Waals surface area (Å²) < 4.78 is 43.6. The molecule has 0 saturated heterocycles. The molecule has 1 amide bonds. The number of primary amides is 1. The van der Waals surface area contributed by atoms with Gasteiger partial charge in [0, 0.05) is 29.1 Å². The summed E-state index contributed by atoms with van der Waals surface area (Å²) in [5.41, 5.74) is 5.74. The van der Waals surface area contributed by atoms with Crippen LogP contribution in [0.2, 0.25) is 0 Å². The van der Waals surface area contributed by atoms with E-state index in [9.17, 15) is 27.9 Å². The highest BCUT2D eigenvalue weighted by molar-refractivity contribution is 6.04. The van der Waals surface area contributed by atoms with Crippen molar-refractivity contribution in [2.75, 3.05) is 0 Å². The molecule has 0 fully saturated rings. The van der Waals surface area contributed by atoms with E-state index in [1.54, 1.807) is 13.8 Å². The first-order valence-electron chi connectivity index (χ1n) is 8.93. The van der Waals surface area contributed by atoms with E-state index in [4.69, 9.17) is 5.73 Å². The maximum absolute atomic E-state index is 14.8. The van der Waals surface area contributed by atoms with Crippen LogP contribution < -0.4 is 5.73 Å². The summed E-state index contributed by atoms with van der Waals surface area (Å²) in [6.45, 7) is 3.25. The highest BCUT2D eigenvalue weighted by Crippen LogP contribution is 2.39. The van der Waals surface area contributed by atoms with Gasteiger partial charge in [-0.15, -0.1) is 0 Å². The normalized spacial score (nSPS) is 12.3. The van der Waals surface area contributed by atoms with E-state index in [2.05, 4.69) is 0 Å². The van der Waals surface area contributed by atoms with Crippen LogP contribution in [0.3, 0.4) is 0 Å². The number of rotatable bonds is 5. The summed E-state index contributed by atoms with van der Waals surface area (Å²) in [6.07, 6.45) is 0.293. The van der Waals surface area contributed by atoms with Crippen molar-refractivity contribution in [1.29, 1.82) is 0 Å². The molecule has 0 bridgehead atoms. The molecule has 3 N–H and O–H groups in total. The van der Waals surface area contributed by atoms with Gasteiger partial charge in [0.25, 0.3) is 5.91 Å². The van der Waals surface area contributed by atoms with Gasteiger partial charge in [-0.25, -0.2) is 13.2 Å². The minimum absolute atomic E-state index is 0.00442. The minimum atomic E-state index is -1.22. The maximum Gasteiger partial charge on any atom is 0.262 e. The number of aromatic nitrogens is 1. The Hall–Kier alpha value is -3.29. The minimum Gasteiger partial charge on any atom is -0.503 e. The summed E-state index contributed by atoms with van der Waals surface area (Å²) in [4.78, 5) is 24.2. The summed E-state index contributed by atoms with van der Waals surface area (Å²) in [7, 11) is 0. The summed E-state index contributed by atoms with van der Waals surface area (Å²) in [5.74, 6) is -5.85. The third-order valence-corrected chi connectivity index (χ3v) is 5.00. The molecule has 0 spiro atoms.